The lowest BCUT2D eigenvalue weighted by molar-refractivity contribution is -0.132. The normalized spacial score (nSPS) is 17.4. The third-order valence-corrected chi connectivity index (χ3v) is 15.5. The number of likely N-dealkylation sites (tertiary alicyclic amines) is 1. The predicted octanol–water partition coefficient (Wildman–Crippen LogP) is 5.88. The zero-order valence-corrected chi connectivity index (χ0v) is 43.2. The van der Waals surface area contributed by atoms with Gasteiger partial charge in [-0.3, -0.25) is 19.3 Å². The summed E-state index contributed by atoms with van der Waals surface area (Å²) in [6.45, 7) is 15.7. The van der Waals surface area contributed by atoms with Crippen molar-refractivity contribution in [1.82, 2.24) is 44.3 Å². The summed E-state index contributed by atoms with van der Waals surface area (Å²) in [4.78, 5) is 75.7. The smallest absolute Gasteiger partial charge is 0.348 e. The molecule has 4 aliphatic rings. The van der Waals surface area contributed by atoms with Gasteiger partial charge in [0.2, 0.25) is 17.8 Å². The summed E-state index contributed by atoms with van der Waals surface area (Å²) in [5, 5.41) is 43.2. The molecule has 4 aliphatic heterocycles. The fraction of sp³-hybridized carbons (Fsp3) is 0.404. The topological polar surface area (TPSA) is 223 Å². The molecule has 19 nitrogen and oxygen atoms in total. The Balaban J connectivity index is 0.719. The Labute approximate surface area is 441 Å². The van der Waals surface area contributed by atoms with Crippen molar-refractivity contribution >= 4 is 45.9 Å². The Hall–Kier alpha value is -8.24. The molecule has 3 amide bonds. The second-order valence-corrected chi connectivity index (χ2v) is 20.6. The van der Waals surface area contributed by atoms with Crippen molar-refractivity contribution in [2.45, 2.75) is 64.5 Å². The van der Waals surface area contributed by atoms with Crippen LogP contribution in [0.4, 0.5) is 17.5 Å². The molecule has 1 atom stereocenters. The Bertz CT molecular complexity index is 3230. The first-order valence-corrected chi connectivity index (χ1v) is 26.4. The largest absolute Gasteiger partial charge is 0.508 e. The molecule has 0 saturated carbocycles. The number of hydrogen-bond donors (Lipinski definition) is 4. The van der Waals surface area contributed by atoms with Gasteiger partial charge in [-0.2, -0.15) is 15.3 Å². The fourth-order valence-corrected chi connectivity index (χ4v) is 11.4. The van der Waals surface area contributed by atoms with Crippen LogP contribution < -0.4 is 20.8 Å². The first-order chi connectivity index (χ1) is 36.9. The Morgan fingerprint density at radius 2 is 1.64 bits per heavy atom. The van der Waals surface area contributed by atoms with E-state index < -0.39 is 5.69 Å². The maximum atomic E-state index is 13.7. The standard InChI is InChI=1S/C57H65N13O6/c1-4-51(73)69-31-30-68(35-42(69)16-21-58)53-44-20-25-67(48-11-7-9-39-8-5-6-10-43(39)48)36-47(44)60-56(61-53)59-22-17-52(74)65-23-18-38(19-24-65)34-64-26-28-66(29-27-64)55(75)40-12-14-41(15-13-40)70-54(62-63-57(70)76)46-32-45(37(2)3)49(71)33-50(46)72/h4-15,32-33,37-38,42,71-72H,1,16-20,22-31,34-36H2,2-3H3,(H,63,76)(H,59,60,61)/t42-/m1/s1. The number of anilines is 3. The molecule has 0 spiro atoms. The number of aromatic hydroxyl groups is 2. The van der Waals surface area contributed by atoms with Crippen LogP contribution in [0.3, 0.4) is 0 Å². The summed E-state index contributed by atoms with van der Waals surface area (Å²) in [7, 11) is 0. The number of nitriles is 1. The van der Waals surface area contributed by atoms with Crippen molar-refractivity contribution in [2.24, 2.45) is 5.92 Å². The number of piperazine rings is 2. The highest BCUT2D eigenvalue weighted by Gasteiger charge is 2.34. The van der Waals surface area contributed by atoms with Crippen molar-refractivity contribution in [3.05, 3.63) is 124 Å². The fourth-order valence-electron chi connectivity index (χ4n) is 11.4. The molecule has 0 unspecified atom stereocenters. The van der Waals surface area contributed by atoms with Crippen LogP contribution in [0.25, 0.3) is 27.8 Å². The van der Waals surface area contributed by atoms with Gasteiger partial charge in [0.1, 0.15) is 17.3 Å². The highest BCUT2D eigenvalue weighted by atomic mass is 16.3. The number of aromatic nitrogens is 5. The molecule has 3 fully saturated rings. The summed E-state index contributed by atoms with van der Waals surface area (Å²) in [5.74, 6) is 1.41. The van der Waals surface area contributed by atoms with Crippen LogP contribution in [0.5, 0.6) is 11.5 Å². The number of aromatic amines is 1. The minimum absolute atomic E-state index is 0.0380. The third-order valence-electron chi connectivity index (χ3n) is 15.5. The van der Waals surface area contributed by atoms with Gasteiger partial charge in [-0.25, -0.2) is 19.4 Å². The zero-order valence-electron chi connectivity index (χ0n) is 43.2. The average molecular weight is 1030 g/mol. The van der Waals surface area contributed by atoms with Crippen molar-refractivity contribution in [3.63, 3.8) is 0 Å². The highest BCUT2D eigenvalue weighted by molar-refractivity contribution is 5.95. The monoisotopic (exact) mass is 1030 g/mol. The number of phenols is 2. The van der Waals surface area contributed by atoms with E-state index in [-0.39, 0.29) is 53.4 Å². The van der Waals surface area contributed by atoms with Gasteiger partial charge in [0, 0.05) is 113 Å². The number of H-pyrrole nitrogens is 1. The molecular weight excluding hydrogens is 963 g/mol. The van der Waals surface area contributed by atoms with E-state index in [1.54, 1.807) is 35.2 Å². The maximum absolute atomic E-state index is 13.7. The lowest BCUT2D eigenvalue weighted by Gasteiger charge is -2.42. The molecule has 394 valence electrons. The Kier molecular flexibility index (Phi) is 15.0. The van der Waals surface area contributed by atoms with Gasteiger partial charge in [-0.15, -0.1) is 0 Å². The lowest BCUT2D eigenvalue weighted by atomic mass is 9.95. The van der Waals surface area contributed by atoms with Crippen LogP contribution in [0, 0.1) is 17.2 Å². The summed E-state index contributed by atoms with van der Waals surface area (Å²) in [6.07, 6.45) is 4.33. The second-order valence-electron chi connectivity index (χ2n) is 20.6. The second kappa shape index (κ2) is 22.3. The number of piperidine rings is 1. The van der Waals surface area contributed by atoms with Crippen LogP contribution in [-0.2, 0) is 22.6 Å². The molecule has 19 heteroatoms. The minimum Gasteiger partial charge on any atom is -0.508 e. The molecule has 10 rings (SSSR count). The van der Waals surface area contributed by atoms with E-state index in [0.29, 0.717) is 99.6 Å². The number of nitrogens with zero attached hydrogens (tertiary/aromatic N) is 11. The van der Waals surface area contributed by atoms with Crippen LogP contribution in [0.2, 0.25) is 0 Å². The molecule has 6 heterocycles. The summed E-state index contributed by atoms with van der Waals surface area (Å²) in [5.41, 5.74) is 4.49. The average Bonchev–Trinajstić information content (AvgIpc) is 3.83. The number of nitrogens with one attached hydrogen (secondary N) is 2. The van der Waals surface area contributed by atoms with Crippen LogP contribution in [0.15, 0.2) is 96.3 Å². The van der Waals surface area contributed by atoms with E-state index >= 15 is 0 Å². The summed E-state index contributed by atoms with van der Waals surface area (Å²) in [6, 6.07) is 26.4. The molecule has 0 bridgehead atoms. The Morgan fingerprint density at radius 1 is 0.882 bits per heavy atom. The van der Waals surface area contributed by atoms with Gasteiger partial charge in [-0.05, 0) is 84.5 Å². The van der Waals surface area contributed by atoms with Gasteiger partial charge in [0.25, 0.3) is 5.91 Å². The number of hydrogen-bond acceptors (Lipinski definition) is 14. The highest BCUT2D eigenvalue weighted by Crippen LogP contribution is 2.38. The molecular formula is C57H65N13O6. The van der Waals surface area contributed by atoms with E-state index in [1.165, 1.54) is 27.5 Å². The maximum Gasteiger partial charge on any atom is 0.348 e. The first kappa shape index (κ1) is 51.3. The molecule has 0 radical (unpaired) electrons. The molecule has 4 N–H and O–H groups in total. The Morgan fingerprint density at radius 3 is 2.39 bits per heavy atom. The number of amides is 3. The van der Waals surface area contributed by atoms with Crippen molar-refractivity contribution in [2.75, 3.05) is 93.7 Å². The molecule has 3 saturated heterocycles. The molecule has 76 heavy (non-hydrogen) atoms. The number of phenolic OH excluding ortho intramolecular Hbond substituents is 2. The van der Waals surface area contributed by atoms with Crippen LogP contribution >= 0.6 is 0 Å². The van der Waals surface area contributed by atoms with Crippen molar-refractivity contribution in [1.29, 1.82) is 5.26 Å². The van der Waals surface area contributed by atoms with E-state index in [0.717, 1.165) is 68.2 Å². The zero-order chi connectivity index (χ0) is 53.0. The lowest BCUT2D eigenvalue weighted by Crippen LogP contribution is -2.55. The SMILES string of the molecule is C=CC(=O)N1CCN(c2nc(NCCC(=O)N3CCC(CN4CCN(C(=O)c5ccc(-n6c(-c7cc(C(C)C)c(O)cc7O)n[nH]c6=O)cc5)CC4)CC3)nc3c2CCN(c2cccc4ccccc24)C3)C[C@H]1CC#N. The third kappa shape index (κ3) is 10.7. The van der Waals surface area contributed by atoms with Gasteiger partial charge < -0.3 is 40.0 Å². The molecule has 4 aromatic carbocycles. The quantitative estimate of drug-likeness (QED) is 0.0936. The molecule has 2 aromatic heterocycles. The van der Waals surface area contributed by atoms with E-state index in [2.05, 4.69) is 85.3 Å². The predicted molar refractivity (Wildman–Crippen MR) is 291 cm³/mol. The van der Waals surface area contributed by atoms with Gasteiger partial charge in [-0.1, -0.05) is 56.8 Å². The summed E-state index contributed by atoms with van der Waals surface area (Å²) >= 11 is 0. The number of benzene rings is 4. The first-order valence-electron chi connectivity index (χ1n) is 26.4. The number of rotatable bonds is 14. The van der Waals surface area contributed by atoms with Gasteiger partial charge >= 0.3 is 5.69 Å². The van der Waals surface area contributed by atoms with Crippen molar-refractivity contribution < 1.29 is 24.6 Å². The number of carbonyl (C=O) groups excluding carboxylic acids is 3. The number of fused-ring (bicyclic) bond motifs is 2. The van der Waals surface area contributed by atoms with Crippen LogP contribution in [-0.4, -0.2) is 157 Å². The van der Waals surface area contributed by atoms with Crippen molar-refractivity contribution in [3.8, 4) is 34.6 Å². The van der Waals surface area contributed by atoms with Crippen LogP contribution in [0.1, 0.15) is 72.6 Å². The molecule has 0 aliphatic carbocycles. The van der Waals surface area contributed by atoms with E-state index in [9.17, 15) is 34.7 Å². The minimum atomic E-state index is -0.508. The number of carbonyl (C=O) groups is 3. The molecule has 6 aromatic rings. The van der Waals surface area contributed by atoms with Gasteiger partial charge in [0.05, 0.1) is 42.0 Å². The van der Waals surface area contributed by atoms with E-state index in [1.807, 2.05) is 23.6 Å². The van der Waals surface area contributed by atoms with Gasteiger partial charge in [0.15, 0.2) is 5.82 Å². The summed E-state index contributed by atoms with van der Waals surface area (Å²) < 4.78 is 1.33. The van der Waals surface area contributed by atoms with E-state index in [4.69, 9.17) is 9.97 Å².